The summed E-state index contributed by atoms with van der Waals surface area (Å²) in [5, 5.41) is 8.96. The highest BCUT2D eigenvalue weighted by atomic mass is 35.5. The van der Waals surface area contributed by atoms with E-state index in [1.165, 1.54) is 5.56 Å². The third-order valence-electron chi connectivity index (χ3n) is 4.23. The molecule has 1 amide bonds. The zero-order chi connectivity index (χ0) is 16.3. The monoisotopic (exact) mass is 341 g/mol. The molecule has 6 heteroatoms. The number of carboxylic acid groups (broad SMARTS) is 1. The predicted molar refractivity (Wildman–Crippen MR) is 90.3 cm³/mol. The van der Waals surface area contributed by atoms with Crippen LogP contribution in [0.1, 0.15) is 29.5 Å². The van der Waals surface area contributed by atoms with Gasteiger partial charge in [0.15, 0.2) is 0 Å². The number of hydrogen-bond acceptors (Lipinski definition) is 3. The van der Waals surface area contributed by atoms with E-state index in [-0.39, 0.29) is 24.7 Å². The van der Waals surface area contributed by atoms with E-state index in [0.29, 0.717) is 26.1 Å². The lowest BCUT2D eigenvalue weighted by atomic mass is 10.1. The molecule has 1 saturated heterocycles. The van der Waals surface area contributed by atoms with Crippen LogP contribution in [0, 0.1) is 26.7 Å². The molecule has 128 valence electrons. The van der Waals surface area contributed by atoms with Crippen LogP contribution in [-0.2, 0) is 9.59 Å². The van der Waals surface area contributed by atoms with Crippen molar-refractivity contribution in [2.24, 2.45) is 5.92 Å². The number of carboxylic acids is 1. The van der Waals surface area contributed by atoms with Crippen LogP contribution in [0.5, 0.6) is 5.75 Å². The van der Waals surface area contributed by atoms with Gasteiger partial charge in [-0.2, -0.15) is 0 Å². The smallest absolute Gasteiger partial charge is 0.308 e. The van der Waals surface area contributed by atoms with Crippen molar-refractivity contribution >= 4 is 24.3 Å². The summed E-state index contributed by atoms with van der Waals surface area (Å²) < 4.78 is 5.74. The van der Waals surface area contributed by atoms with E-state index < -0.39 is 11.9 Å². The highest BCUT2D eigenvalue weighted by molar-refractivity contribution is 5.85. The number of carbonyl (C=O) groups excluding carboxylic acids is 1. The van der Waals surface area contributed by atoms with Crippen LogP contribution in [0.2, 0.25) is 0 Å². The van der Waals surface area contributed by atoms with Crippen LogP contribution in [0.4, 0.5) is 0 Å². The summed E-state index contributed by atoms with van der Waals surface area (Å²) in [5.74, 6) is -0.468. The maximum atomic E-state index is 12.1. The van der Waals surface area contributed by atoms with Gasteiger partial charge in [-0.05, 0) is 49.9 Å². The van der Waals surface area contributed by atoms with Crippen LogP contribution >= 0.6 is 12.4 Å². The van der Waals surface area contributed by atoms with Crippen LogP contribution < -0.4 is 4.74 Å². The summed E-state index contributed by atoms with van der Waals surface area (Å²) in [4.78, 5) is 24.6. The molecule has 1 unspecified atom stereocenters. The lowest BCUT2D eigenvalue weighted by Gasteiger charge is -2.17. The van der Waals surface area contributed by atoms with Gasteiger partial charge in [0.2, 0.25) is 5.91 Å². The average molecular weight is 342 g/mol. The van der Waals surface area contributed by atoms with Crippen LogP contribution in [0.3, 0.4) is 0 Å². The number of likely N-dealkylation sites (tertiary alicyclic amines) is 1. The molecule has 1 atom stereocenters. The molecule has 23 heavy (non-hydrogen) atoms. The Labute approximate surface area is 143 Å². The molecule has 0 bridgehead atoms. The lowest BCUT2D eigenvalue weighted by Crippen LogP contribution is -2.30. The first-order chi connectivity index (χ1) is 10.4. The van der Waals surface area contributed by atoms with Crippen molar-refractivity contribution in [3.05, 3.63) is 28.8 Å². The van der Waals surface area contributed by atoms with E-state index in [2.05, 4.69) is 6.07 Å². The van der Waals surface area contributed by atoms with Gasteiger partial charge >= 0.3 is 5.97 Å². The number of rotatable bonds is 5. The summed E-state index contributed by atoms with van der Waals surface area (Å²) in [6.45, 7) is 7.22. The van der Waals surface area contributed by atoms with Crippen molar-refractivity contribution in [1.29, 1.82) is 0 Å². The molecule has 2 rings (SSSR count). The second-order valence-electron chi connectivity index (χ2n) is 5.97. The molecule has 0 spiro atoms. The number of benzene rings is 1. The summed E-state index contributed by atoms with van der Waals surface area (Å²) in [5.41, 5.74) is 3.39. The third-order valence-corrected chi connectivity index (χ3v) is 4.23. The second-order valence-corrected chi connectivity index (χ2v) is 5.97. The first kappa shape index (κ1) is 19.3. The van der Waals surface area contributed by atoms with Crippen LogP contribution in [0.15, 0.2) is 12.1 Å². The Morgan fingerprint density at radius 3 is 2.61 bits per heavy atom. The van der Waals surface area contributed by atoms with Crippen molar-refractivity contribution in [3.63, 3.8) is 0 Å². The van der Waals surface area contributed by atoms with E-state index in [0.717, 1.165) is 16.9 Å². The molecule has 0 aromatic heterocycles. The van der Waals surface area contributed by atoms with Gasteiger partial charge in [-0.1, -0.05) is 6.07 Å². The topological polar surface area (TPSA) is 66.8 Å². The number of carbonyl (C=O) groups is 2. The summed E-state index contributed by atoms with van der Waals surface area (Å²) in [6, 6.07) is 4.08. The van der Waals surface area contributed by atoms with Crippen molar-refractivity contribution in [1.82, 2.24) is 4.90 Å². The zero-order valence-corrected chi connectivity index (χ0v) is 14.6. The Morgan fingerprint density at radius 1 is 1.30 bits per heavy atom. The minimum absolute atomic E-state index is 0. The van der Waals surface area contributed by atoms with E-state index in [1.807, 2.05) is 26.8 Å². The molecule has 1 aliphatic rings. The first-order valence-corrected chi connectivity index (χ1v) is 7.59. The molecule has 5 nitrogen and oxygen atoms in total. The van der Waals surface area contributed by atoms with E-state index >= 15 is 0 Å². The number of aliphatic carboxylic acids is 1. The number of amides is 1. The average Bonchev–Trinajstić information content (AvgIpc) is 2.94. The number of nitrogens with zero attached hydrogens (tertiary/aromatic N) is 1. The van der Waals surface area contributed by atoms with Gasteiger partial charge in [-0.3, -0.25) is 9.59 Å². The molecule has 1 aromatic rings. The Kier molecular flexibility index (Phi) is 6.88. The Morgan fingerprint density at radius 2 is 2.00 bits per heavy atom. The minimum Gasteiger partial charge on any atom is -0.493 e. The largest absolute Gasteiger partial charge is 0.493 e. The van der Waals surface area contributed by atoms with Crippen LogP contribution in [-0.4, -0.2) is 41.6 Å². The SMILES string of the molecule is Cc1cc(C)c(C)c(OCCC(=O)N2CCC(C(=O)O)C2)c1.Cl. The maximum absolute atomic E-state index is 12.1. The zero-order valence-electron chi connectivity index (χ0n) is 13.8. The molecule has 1 heterocycles. The summed E-state index contributed by atoms with van der Waals surface area (Å²) >= 11 is 0. The molecular weight excluding hydrogens is 318 g/mol. The molecule has 0 saturated carbocycles. The second kappa shape index (κ2) is 8.20. The maximum Gasteiger partial charge on any atom is 0.308 e. The number of halogens is 1. The van der Waals surface area contributed by atoms with Gasteiger partial charge in [0, 0.05) is 13.1 Å². The molecule has 0 aliphatic carbocycles. The van der Waals surface area contributed by atoms with E-state index in [9.17, 15) is 9.59 Å². The number of aryl methyl sites for hydroxylation is 2. The van der Waals surface area contributed by atoms with Crippen molar-refractivity contribution in [2.75, 3.05) is 19.7 Å². The van der Waals surface area contributed by atoms with Gasteiger partial charge in [0.05, 0.1) is 18.9 Å². The van der Waals surface area contributed by atoms with Crippen molar-refractivity contribution in [3.8, 4) is 5.75 Å². The normalized spacial score (nSPS) is 16.8. The fraction of sp³-hybridized carbons (Fsp3) is 0.529. The Hall–Kier alpha value is -1.75. The number of ether oxygens (including phenoxy) is 1. The Balaban J connectivity index is 0.00000264. The Bertz CT molecular complexity index is 588. The minimum atomic E-state index is -0.822. The predicted octanol–water partition coefficient (Wildman–Crippen LogP) is 2.74. The lowest BCUT2D eigenvalue weighted by molar-refractivity contribution is -0.141. The van der Waals surface area contributed by atoms with Gasteiger partial charge in [-0.15, -0.1) is 12.4 Å². The number of hydrogen-bond donors (Lipinski definition) is 1. The molecular formula is C17H24ClNO4. The molecule has 1 fully saturated rings. The van der Waals surface area contributed by atoms with Gasteiger partial charge in [0.25, 0.3) is 0 Å². The van der Waals surface area contributed by atoms with E-state index in [1.54, 1.807) is 4.90 Å². The molecule has 1 N–H and O–H groups in total. The molecule has 0 radical (unpaired) electrons. The highest BCUT2D eigenvalue weighted by Crippen LogP contribution is 2.23. The van der Waals surface area contributed by atoms with E-state index in [4.69, 9.17) is 9.84 Å². The first-order valence-electron chi connectivity index (χ1n) is 7.59. The van der Waals surface area contributed by atoms with Gasteiger partial charge < -0.3 is 14.7 Å². The fourth-order valence-electron chi connectivity index (χ4n) is 2.75. The third kappa shape index (κ3) is 4.86. The van der Waals surface area contributed by atoms with Crippen molar-refractivity contribution < 1.29 is 19.4 Å². The molecule has 1 aromatic carbocycles. The standard InChI is InChI=1S/C17H23NO4.ClH/c1-11-8-12(2)13(3)15(9-11)22-7-5-16(19)18-6-4-14(10-18)17(20)21;/h8-9,14H,4-7,10H2,1-3H3,(H,20,21);1H. The highest BCUT2D eigenvalue weighted by Gasteiger charge is 2.30. The fourth-order valence-corrected chi connectivity index (χ4v) is 2.75. The van der Waals surface area contributed by atoms with Gasteiger partial charge in [-0.25, -0.2) is 0 Å². The quantitative estimate of drug-likeness (QED) is 0.894. The van der Waals surface area contributed by atoms with Crippen molar-refractivity contribution in [2.45, 2.75) is 33.6 Å². The molecule has 1 aliphatic heterocycles. The summed E-state index contributed by atoms with van der Waals surface area (Å²) in [6.07, 6.45) is 0.816. The van der Waals surface area contributed by atoms with Gasteiger partial charge in [0.1, 0.15) is 5.75 Å². The summed E-state index contributed by atoms with van der Waals surface area (Å²) in [7, 11) is 0. The van der Waals surface area contributed by atoms with Crippen LogP contribution in [0.25, 0.3) is 0 Å².